The summed E-state index contributed by atoms with van der Waals surface area (Å²) in [6.07, 6.45) is 3.85. The van der Waals surface area contributed by atoms with E-state index in [1.807, 2.05) is 6.07 Å². The number of fused-ring (bicyclic) bond motifs is 1. The van der Waals surface area contributed by atoms with Crippen LogP contribution in [0.4, 0.5) is 0 Å². The third-order valence-electron chi connectivity index (χ3n) is 4.42. The molecule has 1 aromatic rings. The van der Waals surface area contributed by atoms with Crippen molar-refractivity contribution in [2.24, 2.45) is 5.92 Å². The van der Waals surface area contributed by atoms with E-state index in [1.54, 1.807) is 6.07 Å². The average molecular weight is 380 g/mol. The van der Waals surface area contributed by atoms with Gasteiger partial charge in [0.25, 0.3) is 0 Å². The molecular formula is C16H21Cl3N2O2. The Morgan fingerprint density at radius 3 is 2.78 bits per heavy atom. The molecule has 3 rings (SSSR count). The van der Waals surface area contributed by atoms with E-state index in [0.717, 1.165) is 37.9 Å². The van der Waals surface area contributed by atoms with Crippen molar-refractivity contribution in [1.82, 2.24) is 10.6 Å². The van der Waals surface area contributed by atoms with E-state index in [9.17, 15) is 4.79 Å². The Hall–Kier alpha value is -0.680. The largest absolute Gasteiger partial charge is 0.489 e. The van der Waals surface area contributed by atoms with Crippen molar-refractivity contribution in [1.29, 1.82) is 0 Å². The van der Waals surface area contributed by atoms with Crippen LogP contribution in [0.1, 0.15) is 37.3 Å². The number of nitrogens with one attached hydrogen (secondary N) is 2. The van der Waals surface area contributed by atoms with Gasteiger partial charge in [-0.05, 0) is 44.3 Å². The molecule has 4 nitrogen and oxygen atoms in total. The molecule has 7 heteroatoms. The van der Waals surface area contributed by atoms with Crippen molar-refractivity contribution in [3.8, 4) is 5.75 Å². The predicted molar refractivity (Wildman–Crippen MR) is 94.9 cm³/mol. The summed E-state index contributed by atoms with van der Waals surface area (Å²) in [4.78, 5) is 12.2. The lowest BCUT2D eigenvalue weighted by Crippen LogP contribution is -2.31. The summed E-state index contributed by atoms with van der Waals surface area (Å²) < 4.78 is 5.58. The summed E-state index contributed by atoms with van der Waals surface area (Å²) in [6.45, 7) is 2.54. The fourth-order valence-electron chi connectivity index (χ4n) is 3.12. The maximum Gasteiger partial charge on any atom is 0.220 e. The van der Waals surface area contributed by atoms with E-state index < -0.39 is 0 Å². The predicted octanol–water partition coefficient (Wildman–Crippen LogP) is 3.74. The van der Waals surface area contributed by atoms with Gasteiger partial charge in [0.15, 0.2) is 0 Å². The summed E-state index contributed by atoms with van der Waals surface area (Å²) in [5, 5.41) is 7.27. The number of carbonyl (C=O) groups is 1. The second-order valence-corrected chi connectivity index (χ2v) is 6.73. The number of ether oxygens (including phenoxy) is 1. The van der Waals surface area contributed by atoms with Crippen molar-refractivity contribution in [3.63, 3.8) is 0 Å². The van der Waals surface area contributed by atoms with Gasteiger partial charge in [0.1, 0.15) is 17.4 Å². The minimum absolute atomic E-state index is 0. The third-order valence-corrected chi connectivity index (χ3v) is 5.21. The first-order valence-electron chi connectivity index (χ1n) is 7.76. The summed E-state index contributed by atoms with van der Waals surface area (Å²) >= 11 is 12.1. The Kier molecular flexibility index (Phi) is 6.84. The van der Waals surface area contributed by atoms with Crippen LogP contribution in [0.25, 0.3) is 0 Å². The van der Waals surface area contributed by atoms with E-state index in [1.165, 1.54) is 0 Å². The van der Waals surface area contributed by atoms with Crippen LogP contribution in [0.3, 0.4) is 0 Å². The zero-order chi connectivity index (χ0) is 15.5. The Morgan fingerprint density at radius 1 is 1.30 bits per heavy atom. The Morgan fingerprint density at radius 2 is 2.04 bits per heavy atom. The highest BCUT2D eigenvalue weighted by Crippen LogP contribution is 2.42. The molecular weight excluding hydrogens is 359 g/mol. The molecule has 23 heavy (non-hydrogen) atoms. The van der Waals surface area contributed by atoms with Gasteiger partial charge in [-0.1, -0.05) is 29.3 Å². The van der Waals surface area contributed by atoms with Crippen LogP contribution in [0.5, 0.6) is 5.75 Å². The average Bonchev–Trinajstić information content (AvgIpc) is 2.93. The molecule has 1 unspecified atom stereocenters. The first-order chi connectivity index (χ1) is 10.6. The van der Waals surface area contributed by atoms with Crippen LogP contribution in [0.15, 0.2) is 12.1 Å². The highest BCUT2D eigenvalue weighted by molar-refractivity contribution is 6.43. The lowest BCUT2D eigenvalue weighted by Gasteiger charge is -2.22. The topological polar surface area (TPSA) is 50.4 Å². The van der Waals surface area contributed by atoms with Crippen molar-refractivity contribution < 1.29 is 9.53 Å². The second kappa shape index (κ2) is 8.43. The Bertz CT molecular complexity index is 563. The number of piperidine rings is 1. The number of hydrogen-bond donors (Lipinski definition) is 2. The van der Waals surface area contributed by atoms with E-state index in [4.69, 9.17) is 27.9 Å². The number of halogens is 3. The number of amides is 1. The minimum atomic E-state index is -0.134. The van der Waals surface area contributed by atoms with Crippen molar-refractivity contribution >= 4 is 41.5 Å². The summed E-state index contributed by atoms with van der Waals surface area (Å²) in [5.74, 6) is 1.33. The van der Waals surface area contributed by atoms with Crippen LogP contribution in [0.2, 0.25) is 10.0 Å². The lowest BCUT2D eigenvalue weighted by molar-refractivity contribution is -0.122. The molecule has 0 saturated carbocycles. The van der Waals surface area contributed by atoms with Gasteiger partial charge in [-0.3, -0.25) is 4.79 Å². The fourth-order valence-corrected chi connectivity index (χ4v) is 3.49. The Labute approximate surface area is 152 Å². The molecule has 1 aromatic carbocycles. The van der Waals surface area contributed by atoms with Crippen molar-refractivity contribution in [3.05, 3.63) is 27.7 Å². The van der Waals surface area contributed by atoms with E-state index in [-0.39, 0.29) is 24.4 Å². The van der Waals surface area contributed by atoms with Crippen molar-refractivity contribution in [2.45, 2.75) is 31.7 Å². The molecule has 1 atom stereocenters. The molecule has 0 spiro atoms. The molecule has 2 aliphatic rings. The second-order valence-electron chi connectivity index (χ2n) is 5.94. The molecule has 1 amide bonds. The Balaban J connectivity index is 0.00000192. The molecule has 0 aromatic heterocycles. The van der Waals surface area contributed by atoms with Gasteiger partial charge < -0.3 is 15.4 Å². The van der Waals surface area contributed by atoms with Crippen LogP contribution in [-0.2, 0) is 4.79 Å². The molecule has 128 valence electrons. The zero-order valence-corrected chi connectivity index (χ0v) is 15.1. The first kappa shape index (κ1) is 18.7. The summed E-state index contributed by atoms with van der Waals surface area (Å²) in [5.41, 5.74) is 0.907. The van der Waals surface area contributed by atoms with Crippen LogP contribution in [-0.4, -0.2) is 25.6 Å². The van der Waals surface area contributed by atoms with Crippen LogP contribution in [0, 0.1) is 5.92 Å². The fraction of sp³-hybridized carbons (Fsp3) is 0.562. The molecule has 2 aliphatic heterocycles. The van der Waals surface area contributed by atoms with E-state index >= 15 is 0 Å². The summed E-state index contributed by atoms with van der Waals surface area (Å²) in [7, 11) is 0. The monoisotopic (exact) mass is 378 g/mol. The zero-order valence-electron chi connectivity index (χ0n) is 12.7. The lowest BCUT2D eigenvalue weighted by atomic mass is 9.93. The normalized spacial score (nSPS) is 20.3. The van der Waals surface area contributed by atoms with Gasteiger partial charge in [-0.2, -0.15) is 0 Å². The highest BCUT2D eigenvalue weighted by atomic mass is 35.5. The van der Waals surface area contributed by atoms with Gasteiger partial charge in [0.05, 0.1) is 11.1 Å². The quantitative estimate of drug-likeness (QED) is 0.838. The maximum absolute atomic E-state index is 12.2. The number of rotatable bonds is 4. The number of hydrogen-bond acceptors (Lipinski definition) is 3. The molecule has 0 bridgehead atoms. The molecule has 1 fully saturated rings. The molecule has 2 heterocycles. The van der Waals surface area contributed by atoms with E-state index in [0.29, 0.717) is 34.7 Å². The molecule has 1 saturated heterocycles. The molecule has 0 radical (unpaired) electrons. The SMILES string of the molecule is Cl.O=C(CCC1CCNCC1)NC1COc2c1ccc(Cl)c2Cl. The van der Waals surface area contributed by atoms with Gasteiger partial charge in [0, 0.05) is 12.0 Å². The first-order valence-corrected chi connectivity index (χ1v) is 8.51. The number of benzene rings is 1. The van der Waals surface area contributed by atoms with Gasteiger partial charge in [-0.15, -0.1) is 12.4 Å². The molecule has 2 N–H and O–H groups in total. The number of carbonyl (C=O) groups excluding carboxylic acids is 1. The third kappa shape index (κ3) is 4.44. The smallest absolute Gasteiger partial charge is 0.220 e. The molecule has 0 aliphatic carbocycles. The maximum atomic E-state index is 12.2. The minimum Gasteiger partial charge on any atom is -0.489 e. The van der Waals surface area contributed by atoms with Crippen LogP contribution >= 0.6 is 35.6 Å². The summed E-state index contributed by atoms with van der Waals surface area (Å²) in [6, 6.07) is 3.48. The highest BCUT2D eigenvalue weighted by Gasteiger charge is 2.28. The van der Waals surface area contributed by atoms with Gasteiger partial charge in [0.2, 0.25) is 5.91 Å². The van der Waals surface area contributed by atoms with Gasteiger partial charge >= 0.3 is 0 Å². The van der Waals surface area contributed by atoms with E-state index in [2.05, 4.69) is 10.6 Å². The van der Waals surface area contributed by atoms with Crippen LogP contribution < -0.4 is 15.4 Å². The standard InChI is InChI=1S/C16H20Cl2N2O2.ClH/c17-12-3-2-11-13(9-22-16(11)15(12)18)20-14(21)4-1-10-5-7-19-8-6-10;/h2-3,10,13,19H,1,4-9H2,(H,20,21);1H. The van der Waals surface area contributed by atoms with Crippen molar-refractivity contribution in [2.75, 3.05) is 19.7 Å². The van der Waals surface area contributed by atoms with Gasteiger partial charge in [-0.25, -0.2) is 0 Å².